The first kappa shape index (κ1) is 21.3. The summed E-state index contributed by atoms with van der Waals surface area (Å²) in [4.78, 5) is 28.1. The first-order valence-electron chi connectivity index (χ1n) is 9.86. The predicted octanol–water partition coefficient (Wildman–Crippen LogP) is 2.69. The Morgan fingerprint density at radius 1 is 1.00 bits per heavy atom. The number of aromatic nitrogens is 2. The number of aromatic carboxylic acids is 1. The lowest BCUT2D eigenvalue weighted by molar-refractivity contribution is -0.255. The van der Waals surface area contributed by atoms with Crippen molar-refractivity contribution in [3.05, 3.63) is 95.6 Å². The molecule has 0 spiro atoms. The molecule has 1 N–H and O–H groups in total. The molecule has 32 heavy (non-hydrogen) atoms. The molecular weight excluding hydrogens is 424 g/mol. The Hall–Kier alpha value is -3.91. The quantitative estimate of drug-likeness (QED) is 0.256. The van der Waals surface area contributed by atoms with Crippen molar-refractivity contribution in [2.75, 3.05) is 5.75 Å². The smallest absolute Gasteiger partial charge is 0.250 e. The summed E-state index contributed by atoms with van der Waals surface area (Å²) < 4.78 is 2.09. The average Bonchev–Trinajstić information content (AvgIpc) is 3.16. The van der Waals surface area contributed by atoms with E-state index in [0.717, 1.165) is 21.8 Å². The second-order valence-corrected chi connectivity index (χ2v) is 7.85. The Balaban J connectivity index is 1.44. The van der Waals surface area contributed by atoms with Gasteiger partial charge in [0.05, 0.1) is 35.5 Å². The number of benzene rings is 3. The average molecular weight is 444 g/mol. The number of hydrogen-bond donors (Lipinski definition) is 1. The molecule has 0 saturated carbocycles. The van der Waals surface area contributed by atoms with E-state index in [1.165, 1.54) is 24.0 Å². The fourth-order valence-electron chi connectivity index (χ4n) is 3.21. The van der Waals surface area contributed by atoms with Crippen LogP contribution in [0.5, 0.6) is 0 Å². The van der Waals surface area contributed by atoms with Gasteiger partial charge in [0.2, 0.25) is 0 Å². The van der Waals surface area contributed by atoms with Gasteiger partial charge in [0.15, 0.2) is 5.16 Å². The Labute approximate surface area is 188 Å². The summed E-state index contributed by atoms with van der Waals surface area (Å²) in [7, 11) is 0. The molecular formula is C24H19N4O3S-. The van der Waals surface area contributed by atoms with Crippen molar-refractivity contribution in [2.45, 2.75) is 11.7 Å². The molecule has 1 aromatic heterocycles. The van der Waals surface area contributed by atoms with Gasteiger partial charge in [0, 0.05) is 11.1 Å². The van der Waals surface area contributed by atoms with Gasteiger partial charge in [0.25, 0.3) is 5.91 Å². The number of nitrogens with one attached hydrogen (secondary N) is 1. The fraction of sp³-hybridized carbons (Fsp3) is 0.0833. The van der Waals surface area contributed by atoms with Gasteiger partial charge in [-0.3, -0.25) is 4.79 Å². The van der Waals surface area contributed by atoms with Gasteiger partial charge < -0.3 is 14.5 Å². The van der Waals surface area contributed by atoms with Gasteiger partial charge in [-0.1, -0.05) is 78.5 Å². The molecule has 4 aromatic rings. The van der Waals surface area contributed by atoms with E-state index >= 15 is 0 Å². The third-order valence-corrected chi connectivity index (χ3v) is 5.69. The molecule has 7 nitrogen and oxygen atoms in total. The number of hydrogen-bond acceptors (Lipinski definition) is 6. The molecule has 0 atom stereocenters. The van der Waals surface area contributed by atoms with Crippen LogP contribution in [0.2, 0.25) is 0 Å². The molecule has 0 aliphatic heterocycles. The molecule has 4 rings (SSSR count). The highest BCUT2D eigenvalue weighted by Gasteiger charge is 2.13. The van der Waals surface area contributed by atoms with Gasteiger partial charge in [-0.25, -0.2) is 10.4 Å². The van der Waals surface area contributed by atoms with Crippen molar-refractivity contribution in [3.63, 3.8) is 0 Å². The zero-order valence-corrected chi connectivity index (χ0v) is 17.8. The number of carboxylic acids is 1. The van der Waals surface area contributed by atoms with Crippen molar-refractivity contribution in [3.8, 4) is 0 Å². The molecule has 0 aliphatic carbocycles. The molecule has 3 aromatic carbocycles. The van der Waals surface area contributed by atoms with Crippen molar-refractivity contribution in [1.29, 1.82) is 0 Å². The third-order valence-electron chi connectivity index (χ3n) is 4.71. The number of imidazole rings is 1. The number of rotatable bonds is 8. The van der Waals surface area contributed by atoms with Gasteiger partial charge in [-0.15, -0.1) is 0 Å². The highest BCUT2D eigenvalue weighted by atomic mass is 32.2. The second-order valence-electron chi connectivity index (χ2n) is 6.91. The third kappa shape index (κ3) is 5.04. The summed E-state index contributed by atoms with van der Waals surface area (Å²) in [6.07, 6.45) is 1.29. The maximum atomic E-state index is 12.3. The first-order valence-corrected chi connectivity index (χ1v) is 10.8. The van der Waals surface area contributed by atoms with E-state index < -0.39 is 5.97 Å². The van der Waals surface area contributed by atoms with Crippen LogP contribution in [-0.4, -0.2) is 33.4 Å². The van der Waals surface area contributed by atoms with E-state index in [4.69, 9.17) is 0 Å². The first-order chi connectivity index (χ1) is 15.6. The fourth-order valence-corrected chi connectivity index (χ4v) is 4.02. The predicted molar refractivity (Wildman–Crippen MR) is 123 cm³/mol. The zero-order valence-electron chi connectivity index (χ0n) is 17.0. The summed E-state index contributed by atoms with van der Waals surface area (Å²) in [6, 6.07) is 24.2. The topological polar surface area (TPSA) is 99.4 Å². The minimum absolute atomic E-state index is 0.00880. The molecule has 160 valence electrons. The number of carboxylic acid groups (broad SMARTS) is 1. The van der Waals surface area contributed by atoms with Crippen LogP contribution >= 0.6 is 11.8 Å². The molecule has 0 fully saturated rings. The Bertz CT molecular complexity index is 1280. The number of hydrazone groups is 1. The number of thioether (sulfide) groups is 1. The number of nitrogens with zero attached hydrogens (tertiary/aromatic N) is 3. The molecule has 0 radical (unpaired) electrons. The summed E-state index contributed by atoms with van der Waals surface area (Å²) in [6.45, 7) is 0.642. The van der Waals surface area contributed by atoms with Gasteiger partial charge in [-0.2, -0.15) is 5.10 Å². The standard InChI is InChI=1S/C24H20N4O3S/c29-22(27-25-14-18-10-4-5-11-19(18)23(30)31)16-32-24-26-20-12-6-7-13-21(20)28(24)15-17-8-2-1-3-9-17/h1-14H,15-16H2,(H,27,29)(H,30,31)/p-1/b25-14-. The van der Waals surface area contributed by atoms with Crippen molar-refractivity contribution < 1.29 is 14.7 Å². The van der Waals surface area contributed by atoms with Crippen molar-refractivity contribution in [2.24, 2.45) is 5.10 Å². The summed E-state index contributed by atoms with van der Waals surface area (Å²) >= 11 is 1.32. The highest BCUT2D eigenvalue weighted by Crippen LogP contribution is 2.25. The molecule has 1 amide bonds. The number of carbonyl (C=O) groups excluding carboxylic acids is 2. The molecule has 0 bridgehead atoms. The molecule has 8 heteroatoms. The molecule has 0 saturated heterocycles. The number of para-hydroxylation sites is 2. The Morgan fingerprint density at radius 3 is 2.53 bits per heavy atom. The summed E-state index contributed by atoms with van der Waals surface area (Å²) in [5, 5.41) is 15.7. The highest BCUT2D eigenvalue weighted by molar-refractivity contribution is 7.99. The summed E-state index contributed by atoms with van der Waals surface area (Å²) in [5.74, 6) is -1.51. The van der Waals surface area contributed by atoms with Gasteiger partial charge in [0.1, 0.15) is 0 Å². The number of amides is 1. The van der Waals surface area contributed by atoms with Crippen LogP contribution in [-0.2, 0) is 11.3 Å². The monoisotopic (exact) mass is 443 g/mol. The Morgan fingerprint density at radius 2 is 1.72 bits per heavy atom. The lowest BCUT2D eigenvalue weighted by Gasteiger charge is -2.09. The van der Waals surface area contributed by atoms with E-state index in [1.807, 2.05) is 42.5 Å². The van der Waals surface area contributed by atoms with Gasteiger partial charge >= 0.3 is 0 Å². The largest absolute Gasteiger partial charge is 0.545 e. The minimum atomic E-state index is -1.30. The van der Waals surface area contributed by atoms with Gasteiger partial charge in [-0.05, 0) is 17.7 Å². The second kappa shape index (κ2) is 9.93. The zero-order chi connectivity index (χ0) is 22.3. The van der Waals surface area contributed by atoms with Crippen LogP contribution in [0.25, 0.3) is 11.0 Å². The molecule has 0 unspecified atom stereocenters. The van der Waals surface area contributed by atoms with Crippen LogP contribution in [0.1, 0.15) is 21.5 Å². The minimum Gasteiger partial charge on any atom is -0.545 e. The van der Waals surface area contributed by atoms with E-state index in [-0.39, 0.29) is 17.2 Å². The normalized spacial score (nSPS) is 11.1. The molecule has 0 aliphatic rings. The number of carbonyl (C=O) groups is 2. The van der Waals surface area contributed by atoms with E-state index in [1.54, 1.807) is 18.2 Å². The van der Waals surface area contributed by atoms with Crippen molar-refractivity contribution >= 4 is 40.9 Å². The SMILES string of the molecule is O=C(CSc1nc2ccccc2n1Cc1ccccc1)N/N=C\c1ccccc1C(=O)[O-]. The maximum Gasteiger partial charge on any atom is 0.250 e. The maximum absolute atomic E-state index is 12.3. The lowest BCUT2D eigenvalue weighted by atomic mass is 10.1. The van der Waals surface area contributed by atoms with E-state index in [9.17, 15) is 14.7 Å². The van der Waals surface area contributed by atoms with Crippen LogP contribution in [0.15, 0.2) is 89.1 Å². The number of fused-ring (bicyclic) bond motifs is 1. The lowest BCUT2D eigenvalue weighted by Crippen LogP contribution is -2.24. The Kier molecular flexibility index (Phi) is 6.62. The molecule has 1 heterocycles. The van der Waals surface area contributed by atoms with Crippen LogP contribution in [0.3, 0.4) is 0 Å². The van der Waals surface area contributed by atoms with Crippen LogP contribution in [0, 0.1) is 0 Å². The van der Waals surface area contributed by atoms with E-state index in [2.05, 4.69) is 32.2 Å². The van der Waals surface area contributed by atoms with Crippen LogP contribution in [0.4, 0.5) is 0 Å². The van der Waals surface area contributed by atoms with E-state index in [0.29, 0.717) is 12.1 Å². The van der Waals surface area contributed by atoms with Crippen molar-refractivity contribution in [1.82, 2.24) is 15.0 Å². The summed E-state index contributed by atoms with van der Waals surface area (Å²) in [5.41, 5.74) is 5.79. The van der Waals surface area contributed by atoms with Crippen LogP contribution < -0.4 is 10.5 Å².